The maximum atomic E-state index is 5.84. The Morgan fingerprint density at radius 3 is 2.71 bits per heavy atom. The summed E-state index contributed by atoms with van der Waals surface area (Å²) >= 11 is 5.84. The summed E-state index contributed by atoms with van der Waals surface area (Å²) in [6.07, 6.45) is 3.75. The quantitative estimate of drug-likeness (QED) is 0.717. The molecule has 2 aliphatic rings. The van der Waals surface area contributed by atoms with Gasteiger partial charge in [0, 0.05) is 11.8 Å². The van der Waals surface area contributed by atoms with Crippen LogP contribution in [0.1, 0.15) is 55.4 Å². The maximum Gasteiger partial charge on any atom is 0.198 e. The molecule has 0 spiro atoms. The van der Waals surface area contributed by atoms with Gasteiger partial charge in [-0.3, -0.25) is 0 Å². The molecule has 2 saturated carbocycles. The zero-order chi connectivity index (χ0) is 9.71. The average Bonchev–Trinajstić information content (AvgIpc) is 3.08. The third-order valence-electron chi connectivity index (χ3n) is 3.26. The van der Waals surface area contributed by atoms with Crippen LogP contribution in [0.2, 0.25) is 0 Å². The van der Waals surface area contributed by atoms with Gasteiger partial charge in [-0.25, -0.2) is 4.98 Å². The highest BCUT2D eigenvalue weighted by atomic mass is 35.5. The highest BCUT2D eigenvalue weighted by Crippen LogP contribution is 2.49. The molecule has 0 N–H and O–H groups in total. The van der Waals surface area contributed by atoms with Gasteiger partial charge in [-0.15, -0.1) is 11.6 Å². The molecular formula is C11H14ClNO. The fourth-order valence-corrected chi connectivity index (χ4v) is 2.17. The van der Waals surface area contributed by atoms with Gasteiger partial charge in [-0.2, -0.15) is 0 Å². The fourth-order valence-electron chi connectivity index (χ4n) is 1.98. The van der Waals surface area contributed by atoms with Crippen molar-refractivity contribution in [2.45, 2.75) is 43.9 Å². The second-order valence-corrected chi connectivity index (χ2v) is 4.86. The Bertz CT molecular complexity index is 356. The minimum absolute atomic E-state index is 0.472. The molecule has 1 heterocycles. The van der Waals surface area contributed by atoms with Crippen LogP contribution in [-0.4, -0.2) is 4.98 Å². The number of hydrogen-bond acceptors (Lipinski definition) is 2. The van der Waals surface area contributed by atoms with Gasteiger partial charge < -0.3 is 4.42 Å². The first-order valence-electron chi connectivity index (χ1n) is 5.35. The molecule has 76 valence electrons. The lowest BCUT2D eigenvalue weighted by atomic mass is 10.2. The number of nitrogens with zero attached hydrogens (tertiary/aromatic N) is 1. The summed E-state index contributed by atoms with van der Waals surface area (Å²) in [7, 11) is 0. The van der Waals surface area contributed by atoms with Gasteiger partial charge in [-0.1, -0.05) is 6.92 Å². The molecule has 0 aliphatic heterocycles. The van der Waals surface area contributed by atoms with Crippen molar-refractivity contribution in [3.8, 4) is 0 Å². The van der Waals surface area contributed by atoms with Crippen LogP contribution in [-0.2, 0) is 5.88 Å². The van der Waals surface area contributed by atoms with Crippen molar-refractivity contribution < 1.29 is 4.42 Å². The van der Waals surface area contributed by atoms with E-state index in [1.54, 1.807) is 0 Å². The van der Waals surface area contributed by atoms with E-state index in [9.17, 15) is 0 Å². The van der Waals surface area contributed by atoms with Crippen molar-refractivity contribution >= 4 is 11.6 Å². The van der Waals surface area contributed by atoms with Gasteiger partial charge in [0.2, 0.25) is 0 Å². The van der Waals surface area contributed by atoms with Crippen LogP contribution < -0.4 is 0 Å². The predicted molar refractivity (Wildman–Crippen MR) is 54.6 cm³/mol. The van der Waals surface area contributed by atoms with Crippen molar-refractivity contribution in [2.24, 2.45) is 5.92 Å². The third-order valence-corrected chi connectivity index (χ3v) is 3.50. The van der Waals surface area contributed by atoms with Crippen LogP contribution in [0.15, 0.2) is 4.42 Å². The highest BCUT2D eigenvalue weighted by Gasteiger charge is 2.40. The first-order chi connectivity index (χ1) is 6.79. The molecule has 0 aromatic carbocycles. The lowest BCUT2D eigenvalue weighted by molar-refractivity contribution is 0.463. The van der Waals surface area contributed by atoms with Crippen LogP contribution in [0.25, 0.3) is 0 Å². The van der Waals surface area contributed by atoms with Crippen molar-refractivity contribution in [1.29, 1.82) is 0 Å². The lowest BCUT2D eigenvalue weighted by Gasteiger charge is -1.90. The zero-order valence-electron chi connectivity index (χ0n) is 8.29. The second kappa shape index (κ2) is 2.99. The third kappa shape index (κ3) is 1.36. The standard InChI is InChI=1S/C11H14ClNO/c1-6-4-8(6)11-13-10(7-2-3-7)9(5-12)14-11/h6-8H,2-5H2,1H3. The second-order valence-electron chi connectivity index (χ2n) is 4.59. The van der Waals surface area contributed by atoms with Gasteiger partial charge in [0.25, 0.3) is 0 Å². The number of alkyl halides is 1. The first-order valence-corrected chi connectivity index (χ1v) is 5.88. The molecule has 3 rings (SSSR count). The molecule has 2 unspecified atom stereocenters. The maximum absolute atomic E-state index is 5.84. The summed E-state index contributed by atoms with van der Waals surface area (Å²) in [5.74, 6) is 4.31. The van der Waals surface area contributed by atoms with E-state index in [1.165, 1.54) is 19.3 Å². The Labute approximate surface area is 88.7 Å². The largest absolute Gasteiger partial charge is 0.444 e. The smallest absolute Gasteiger partial charge is 0.198 e. The molecule has 1 aromatic rings. The van der Waals surface area contributed by atoms with E-state index < -0.39 is 0 Å². The SMILES string of the molecule is CC1CC1c1nc(C2CC2)c(CCl)o1. The topological polar surface area (TPSA) is 26.0 Å². The summed E-state index contributed by atoms with van der Waals surface area (Å²) in [6, 6.07) is 0. The molecule has 0 radical (unpaired) electrons. The average molecular weight is 212 g/mol. The molecule has 14 heavy (non-hydrogen) atoms. The van der Waals surface area contributed by atoms with Crippen LogP contribution in [0, 0.1) is 5.92 Å². The minimum atomic E-state index is 0.472. The monoisotopic (exact) mass is 211 g/mol. The Hall–Kier alpha value is -0.500. The number of aromatic nitrogens is 1. The van der Waals surface area contributed by atoms with Gasteiger partial charge in [0.15, 0.2) is 5.89 Å². The van der Waals surface area contributed by atoms with E-state index in [0.717, 1.165) is 23.3 Å². The van der Waals surface area contributed by atoms with Crippen LogP contribution in [0.3, 0.4) is 0 Å². The first kappa shape index (κ1) is 8.78. The molecule has 2 atom stereocenters. The predicted octanol–water partition coefficient (Wildman–Crippen LogP) is 3.41. The van der Waals surface area contributed by atoms with Crippen molar-refractivity contribution in [3.63, 3.8) is 0 Å². The van der Waals surface area contributed by atoms with Crippen LogP contribution in [0.4, 0.5) is 0 Å². The molecule has 2 fully saturated rings. The van der Waals surface area contributed by atoms with E-state index in [4.69, 9.17) is 16.0 Å². The molecule has 0 bridgehead atoms. The Morgan fingerprint density at radius 2 is 2.21 bits per heavy atom. The van der Waals surface area contributed by atoms with E-state index >= 15 is 0 Å². The van der Waals surface area contributed by atoms with Crippen molar-refractivity contribution in [1.82, 2.24) is 4.98 Å². The Kier molecular flexibility index (Phi) is 1.88. The van der Waals surface area contributed by atoms with E-state index in [2.05, 4.69) is 11.9 Å². The normalized spacial score (nSPS) is 30.7. The van der Waals surface area contributed by atoms with Gasteiger partial charge in [0.05, 0.1) is 11.6 Å². The molecule has 3 heteroatoms. The fraction of sp³-hybridized carbons (Fsp3) is 0.727. The minimum Gasteiger partial charge on any atom is -0.444 e. The number of hydrogen-bond donors (Lipinski definition) is 0. The molecule has 2 nitrogen and oxygen atoms in total. The van der Waals surface area contributed by atoms with Gasteiger partial charge >= 0.3 is 0 Å². The molecular weight excluding hydrogens is 198 g/mol. The van der Waals surface area contributed by atoms with E-state index in [1.807, 2.05) is 0 Å². The summed E-state index contributed by atoms with van der Waals surface area (Å²) in [6.45, 7) is 2.24. The number of oxazole rings is 1. The molecule has 0 amide bonds. The van der Waals surface area contributed by atoms with Gasteiger partial charge in [0.1, 0.15) is 5.76 Å². The summed E-state index contributed by atoms with van der Waals surface area (Å²) in [4.78, 5) is 4.60. The molecule has 1 aromatic heterocycles. The summed E-state index contributed by atoms with van der Waals surface area (Å²) < 4.78 is 5.72. The van der Waals surface area contributed by atoms with Crippen LogP contribution in [0.5, 0.6) is 0 Å². The lowest BCUT2D eigenvalue weighted by Crippen LogP contribution is -1.85. The zero-order valence-corrected chi connectivity index (χ0v) is 9.05. The van der Waals surface area contributed by atoms with Crippen molar-refractivity contribution in [3.05, 3.63) is 17.3 Å². The molecule has 0 saturated heterocycles. The molecule has 2 aliphatic carbocycles. The van der Waals surface area contributed by atoms with E-state index in [0.29, 0.717) is 17.7 Å². The number of halogens is 1. The summed E-state index contributed by atoms with van der Waals surface area (Å²) in [5, 5.41) is 0. The van der Waals surface area contributed by atoms with Crippen LogP contribution >= 0.6 is 11.6 Å². The highest BCUT2D eigenvalue weighted by molar-refractivity contribution is 6.16. The van der Waals surface area contributed by atoms with E-state index in [-0.39, 0.29) is 0 Å². The number of rotatable bonds is 3. The Balaban J connectivity index is 1.90. The van der Waals surface area contributed by atoms with Gasteiger partial charge in [-0.05, 0) is 25.2 Å². The Morgan fingerprint density at radius 1 is 1.50 bits per heavy atom. The summed E-state index contributed by atoms with van der Waals surface area (Å²) in [5.41, 5.74) is 1.15. The van der Waals surface area contributed by atoms with Crippen molar-refractivity contribution in [2.75, 3.05) is 0 Å².